The molecule has 0 amide bonds. The second-order valence-corrected chi connectivity index (χ2v) is 11.3. The van der Waals surface area contributed by atoms with Crippen molar-refractivity contribution in [3.63, 3.8) is 0 Å². The molecule has 1 aliphatic heterocycles. The Morgan fingerprint density at radius 2 is 1.85 bits per heavy atom. The summed E-state index contributed by atoms with van der Waals surface area (Å²) < 4.78 is 43.7. The molecule has 0 aromatic heterocycles. The van der Waals surface area contributed by atoms with Crippen molar-refractivity contribution in [1.82, 2.24) is 0 Å². The normalized spacial score (nSPS) is 21.1. The third-order valence-electron chi connectivity index (χ3n) is 6.78. The van der Waals surface area contributed by atoms with Gasteiger partial charge in [0.15, 0.2) is 0 Å². The first kappa shape index (κ1) is 22.9. The van der Waals surface area contributed by atoms with Gasteiger partial charge in [0.25, 0.3) is 10.0 Å². The zero-order chi connectivity index (χ0) is 24.0. The number of allylic oxidation sites excluding steroid dienone is 2. The van der Waals surface area contributed by atoms with Crippen LogP contribution in [0, 0.1) is 11.7 Å². The van der Waals surface area contributed by atoms with Gasteiger partial charge in [0.05, 0.1) is 10.9 Å². The molecule has 34 heavy (non-hydrogen) atoms. The molecule has 4 nitrogen and oxygen atoms in total. The summed E-state index contributed by atoms with van der Waals surface area (Å²) in [5.74, 6) is 0.0362. The average molecular weight is 497 g/mol. The SMILES string of the molecule is CC(C)c1ccc(NS(=O)(=O)c2ccc3c(c2)[C@H]2C=CC[C@H]2[C@@H](c2c(F)cccc2Cl)N3)cc1. The number of anilines is 2. The highest BCUT2D eigenvalue weighted by Crippen LogP contribution is 2.51. The van der Waals surface area contributed by atoms with Crippen LogP contribution in [0.15, 0.2) is 77.7 Å². The Bertz CT molecular complexity index is 1350. The second-order valence-electron chi connectivity index (χ2n) is 9.24. The predicted molar refractivity (Wildman–Crippen MR) is 136 cm³/mol. The van der Waals surface area contributed by atoms with Gasteiger partial charge in [-0.15, -0.1) is 0 Å². The monoisotopic (exact) mass is 496 g/mol. The van der Waals surface area contributed by atoms with E-state index in [1.54, 1.807) is 42.5 Å². The summed E-state index contributed by atoms with van der Waals surface area (Å²) in [6.07, 6.45) is 4.91. The van der Waals surface area contributed by atoms with E-state index in [0.29, 0.717) is 22.2 Å². The van der Waals surface area contributed by atoms with E-state index < -0.39 is 10.0 Å². The first-order valence-electron chi connectivity index (χ1n) is 11.4. The van der Waals surface area contributed by atoms with Crippen LogP contribution in [0.25, 0.3) is 0 Å². The number of halogens is 2. The number of hydrogen-bond acceptors (Lipinski definition) is 3. The molecule has 0 unspecified atom stereocenters. The number of sulfonamides is 1. The third-order valence-corrected chi connectivity index (χ3v) is 8.49. The maximum absolute atomic E-state index is 14.7. The Kier molecular flexibility index (Phi) is 5.90. The molecule has 0 saturated heterocycles. The highest BCUT2D eigenvalue weighted by Gasteiger charge is 2.40. The van der Waals surface area contributed by atoms with E-state index >= 15 is 0 Å². The molecule has 0 radical (unpaired) electrons. The molecule has 7 heteroatoms. The Balaban J connectivity index is 1.47. The summed E-state index contributed by atoms with van der Waals surface area (Å²) in [7, 11) is -3.77. The van der Waals surface area contributed by atoms with Crippen molar-refractivity contribution in [1.29, 1.82) is 0 Å². The number of nitrogens with one attached hydrogen (secondary N) is 2. The fraction of sp³-hybridized carbons (Fsp3) is 0.259. The summed E-state index contributed by atoms with van der Waals surface area (Å²) in [6, 6.07) is 16.9. The molecule has 3 aromatic carbocycles. The maximum atomic E-state index is 14.7. The quantitative estimate of drug-likeness (QED) is 0.366. The van der Waals surface area contributed by atoms with Crippen LogP contribution in [0.3, 0.4) is 0 Å². The van der Waals surface area contributed by atoms with Gasteiger partial charge >= 0.3 is 0 Å². The highest BCUT2D eigenvalue weighted by atomic mass is 35.5. The van der Waals surface area contributed by atoms with E-state index in [9.17, 15) is 12.8 Å². The first-order chi connectivity index (χ1) is 16.2. The Morgan fingerprint density at radius 1 is 1.09 bits per heavy atom. The fourth-order valence-corrected chi connectivity index (χ4v) is 6.36. The Hall–Kier alpha value is -2.83. The summed E-state index contributed by atoms with van der Waals surface area (Å²) in [5.41, 5.74) is 3.80. The topological polar surface area (TPSA) is 58.2 Å². The molecule has 3 aromatic rings. The molecule has 2 N–H and O–H groups in total. The van der Waals surface area contributed by atoms with E-state index in [2.05, 4.69) is 36.0 Å². The van der Waals surface area contributed by atoms with Crippen LogP contribution < -0.4 is 10.0 Å². The predicted octanol–water partition coefficient (Wildman–Crippen LogP) is 7.23. The zero-order valence-electron chi connectivity index (χ0n) is 18.9. The van der Waals surface area contributed by atoms with Crippen LogP contribution in [0.1, 0.15) is 54.8 Å². The second kappa shape index (κ2) is 8.75. The summed E-state index contributed by atoms with van der Waals surface area (Å²) >= 11 is 6.38. The van der Waals surface area contributed by atoms with Crippen LogP contribution in [0.2, 0.25) is 5.02 Å². The summed E-state index contributed by atoms with van der Waals surface area (Å²) in [5, 5.41) is 3.82. The minimum absolute atomic E-state index is 0.0302. The summed E-state index contributed by atoms with van der Waals surface area (Å²) in [6.45, 7) is 4.19. The van der Waals surface area contributed by atoms with Crippen LogP contribution in [-0.2, 0) is 10.0 Å². The fourth-order valence-electron chi connectivity index (χ4n) is 4.98. The van der Waals surface area contributed by atoms with Gasteiger partial charge in [0.1, 0.15) is 5.82 Å². The van der Waals surface area contributed by atoms with Crippen molar-refractivity contribution < 1.29 is 12.8 Å². The minimum Gasteiger partial charge on any atom is -0.378 e. The number of hydrogen-bond donors (Lipinski definition) is 2. The smallest absolute Gasteiger partial charge is 0.261 e. The van der Waals surface area contributed by atoms with Crippen molar-refractivity contribution in [2.24, 2.45) is 5.92 Å². The molecule has 0 bridgehead atoms. The third kappa shape index (κ3) is 4.10. The number of fused-ring (bicyclic) bond motifs is 3. The van der Waals surface area contributed by atoms with Gasteiger partial charge in [-0.25, -0.2) is 12.8 Å². The molecule has 3 atom stereocenters. The van der Waals surface area contributed by atoms with E-state index in [-0.39, 0.29) is 28.6 Å². The molecule has 0 fully saturated rings. The van der Waals surface area contributed by atoms with Crippen molar-refractivity contribution in [2.45, 2.75) is 43.0 Å². The molecule has 2 aliphatic rings. The van der Waals surface area contributed by atoms with Gasteiger partial charge in [0, 0.05) is 27.9 Å². The lowest BCUT2D eigenvalue weighted by Crippen LogP contribution is -2.30. The molecule has 176 valence electrons. The van der Waals surface area contributed by atoms with Crippen molar-refractivity contribution in [2.75, 3.05) is 10.0 Å². The largest absolute Gasteiger partial charge is 0.378 e. The lowest BCUT2D eigenvalue weighted by molar-refractivity contribution is 0.413. The van der Waals surface area contributed by atoms with Gasteiger partial charge in [0.2, 0.25) is 0 Å². The number of benzene rings is 3. The van der Waals surface area contributed by atoms with E-state index in [1.807, 2.05) is 12.1 Å². The van der Waals surface area contributed by atoms with Crippen LogP contribution in [0.4, 0.5) is 15.8 Å². The van der Waals surface area contributed by atoms with Gasteiger partial charge in [-0.2, -0.15) is 0 Å². The number of rotatable bonds is 5. The van der Waals surface area contributed by atoms with E-state index in [0.717, 1.165) is 23.2 Å². The molecule has 0 spiro atoms. The molecule has 1 aliphatic carbocycles. The average Bonchev–Trinajstić information content (AvgIpc) is 3.29. The van der Waals surface area contributed by atoms with Gasteiger partial charge in [-0.05, 0) is 71.8 Å². The molecule has 1 heterocycles. The van der Waals surface area contributed by atoms with Gasteiger partial charge < -0.3 is 5.32 Å². The van der Waals surface area contributed by atoms with Crippen LogP contribution in [0.5, 0.6) is 0 Å². The molecular weight excluding hydrogens is 471 g/mol. The lowest BCUT2D eigenvalue weighted by atomic mass is 9.77. The van der Waals surface area contributed by atoms with Crippen LogP contribution in [-0.4, -0.2) is 8.42 Å². The van der Waals surface area contributed by atoms with E-state index in [4.69, 9.17) is 11.6 Å². The highest BCUT2D eigenvalue weighted by molar-refractivity contribution is 7.92. The zero-order valence-corrected chi connectivity index (χ0v) is 20.5. The Morgan fingerprint density at radius 3 is 2.56 bits per heavy atom. The van der Waals surface area contributed by atoms with Gasteiger partial charge in [-0.3, -0.25) is 4.72 Å². The first-order valence-corrected chi connectivity index (χ1v) is 13.2. The molecule has 0 saturated carbocycles. The van der Waals surface area contributed by atoms with Crippen molar-refractivity contribution in [3.05, 3.63) is 100 Å². The molecular formula is C27H26ClFN2O2S. The minimum atomic E-state index is -3.77. The maximum Gasteiger partial charge on any atom is 0.261 e. The molecule has 5 rings (SSSR count). The van der Waals surface area contributed by atoms with Crippen LogP contribution >= 0.6 is 11.6 Å². The van der Waals surface area contributed by atoms with Crippen molar-refractivity contribution in [3.8, 4) is 0 Å². The summed E-state index contributed by atoms with van der Waals surface area (Å²) in [4.78, 5) is 0.197. The van der Waals surface area contributed by atoms with Crippen molar-refractivity contribution >= 4 is 33.0 Å². The Labute approximate surface area is 204 Å². The standard InChI is InChI=1S/C27H26ClFN2O2S/c1-16(2)17-9-11-18(12-10-17)31-34(32,33)19-13-14-25-22(15-19)20-5-3-6-21(20)27(30-25)26-23(28)7-4-8-24(26)29/h3-5,7-16,20-21,27,30-31H,6H2,1-2H3/t20-,21+,27-/m0/s1. The van der Waals surface area contributed by atoms with E-state index in [1.165, 1.54) is 6.07 Å². The van der Waals surface area contributed by atoms with Gasteiger partial charge in [-0.1, -0.05) is 55.8 Å². The lowest BCUT2D eigenvalue weighted by Gasteiger charge is -2.38.